The molecule has 1 aromatic carbocycles. The molecule has 10 nitrogen and oxygen atoms in total. The van der Waals surface area contributed by atoms with E-state index in [0.717, 1.165) is 50.3 Å². The van der Waals surface area contributed by atoms with Crippen LogP contribution in [-0.2, 0) is 11.3 Å². The van der Waals surface area contributed by atoms with E-state index in [9.17, 15) is 4.79 Å². The first-order chi connectivity index (χ1) is 25.3. The minimum Gasteiger partial charge on any atom is -0.486 e. The largest absolute Gasteiger partial charge is 0.486 e. The van der Waals surface area contributed by atoms with Gasteiger partial charge in [0.25, 0.3) is 0 Å². The predicted octanol–water partition coefficient (Wildman–Crippen LogP) is 6.00. The molecule has 2 aliphatic rings. The van der Waals surface area contributed by atoms with Gasteiger partial charge in [0.1, 0.15) is 32.8 Å². The summed E-state index contributed by atoms with van der Waals surface area (Å²) in [6.07, 6.45) is 4.01. The molecular formula is C34H45N7O3S10. The first kappa shape index (κ1) is 44.7. The minimum absolute atomic E-state index is 0.0242. The molecule has 3 aromatic rings. The number of nitrogens with one attached hydrogen (secondary N) is 1. The summed E-state index contributed by atoms with van der Waals surface area (Å²) in [5.41, 5.74) is 2.36. The second kappa shape index (κ2) is 18.2. The Morgan fingerprint density at radius 2 is 1.69 bits per heavy atom. The standard InChI is InChI=1S/C34H45N7O3S10/c1-22(2)40-14-6-13-39(16-17-40)15-12-36-29(42)43-18-5-7-24-9-10-26(19-23(24)3)44-21-27-37-38-28(41(27)25-8-4-11-35-20-25)54-34(53)32(49,50)30(45,46)31(47,48)33(34,51)52/h4,8-11,19-20,22,45-53H,6,12-18,21H2,1-3H3,(H,36,42). The Morgan fingerprint density at radius 3 is 2.33 bits per heavy atom. The normalized spacial score (nSPS) is 20.2. The lowest BCUT2D eigenvalue weighted by atomic mass is 10.1. The minimum atomic E-state index is -1.36. The van der Waals surface area contributed by atoms with Crippen LogP contribution in [0.2, 0.25) is 0 Å². The lowest BCUT2D eigenvalue weighted by molar-refractivity contribution is 0.157. The molecule has 0 atom stereocenters. The summed E-state index contributed by atoms with van der Waals surface area (Å²) in [5, 5.41) is 12.2. The van der Waals surface area contributed by atoms with Gasteiger partial charge in [-0.25, -0.2) is 4.79 Å². The number of aromatic nitrogens is 4. The average molecular weight is 920 g/mol. The Bertz CT molecular complexity index is 1820. The lowest BCUT2D eigenvalue weighted by Gasteiger charge is -2.43. The molecule has 1 amide bonds. The fourth-order valence-electron chi connectivity index (χ4n) is 6.03. The van der Waals surface area contributed by atoms with Gasteiger partial charge in [0, 0.05) is 44.0 Å². The zero-order valence-electron chi connectivity index (χ0n) is 29.8. The van der Waals surface area contributed by atoms with E-state index >= 15 is 0 Å². The Labute approximate surface area is 371 Å². The number of aryl methyl sites for hydroxylation is 1. The van der Waals surface area contributed by atoms with Crippen molar-refractivity contribution in [1.29, 1.82) is 0 Å². The van der Waals surface area contributed by atoms with Crippen molar-refractivity contribution in [2.24, 2.45) is 0 Å². The second-order valence-electron chi connectivity index (χ2n) is 13.3. The molecule has 0 spiro atoms. The second-order valence-corrected chi connectivity index (χ2v) is 22.2. The fourth-order valence-corrected chi connectivity index (χ4v) is 12.8. The van der Waals surface area contributed by atoms with Crippen LogP contribution in [0.1, 0.15) is 37.2 Å². The maximum Gasteiger partial charge on any atom is 0.408 e. The van der Waals surface area contributed by atoms with Gasteiger partial charge in [-0.3, -0.25) is 14.5 Å². The summed E-state index contributed by atoms with van der Waals surface area (Å²) in [4.78, 5) is 21.4. The van der Waals surface area contributed by atoms with Gasteiger partial charge in [0.2, 0.25) is 0 Å². The van der Waals surface area contributed by atoms with E-state index < -0.39 is 26.5 Å². The van der Waals surface area contributed by atoms with Gasteiger partial charge in [-0.15, -0.1) is 10.2 Å². The molecule has 1 N–H and O–H groups in total. The van der Waals surface area contributed by atoms with Crippen molar-refractivity contribution in [2.45, 2.75) is 65.4 Å². The number of rotatable bonds is 11. The van der Waals surface area contributed by atoms with Gasteiger partial charge in [0.05, 0.1) is 11.9 Å². The highest BCUT2D eigenvalue weighted by molar-refractivity contribution is 8.21. The molecule has 1 saturated carbocycles. The van der Waals surface area contributed by atoms with Crippen LogP contribution < -0.4 is 10.1 Å². The number of hydrogen-bond acceptors (Lipinski definition) is 18. The third-order valence-corrected chi connectivity index (χ3v) is 20.5. The van der Waals surface area contributed by atoms with Gasteiger partial charge in [-0.2, -0.15) is 114 Å². The SMILES string of the molecule is Cc1cc(OCc2nnc(SC3(S)C(S)(S)C(S)(S)C(S)(S)C3(S)S)n2-c2cccnc2)ccc1C#CCOC(=O)NCCN1CCCN(C(C)C)CC1. The Kier molecular flexibility index (Phi) is 15.1. The summed E-state index contributed by atoms with van der Waals surface area (Å²) >= 11 is 44.7. The summed E-state index contributed by atoms with van der Waals surface area (Å²) in [6, 6.07) is 9.79. The highest BCUT2D eigenvalue weighted by Crippen LogP contribution is 2.78. The van der Waals surface area contributed by atoms with E-state index in [0.29, 0.717) is 35.0 Å². The van der Waals surface area contributed by atoms with Crippen molar-refractivity contribution in [3.63, 3.8) is 0 Å². The highest BCUT2D eigenvalue weighted by Gasteiger charge is 2.81. The molecule has 2 fully saturated rings. The molecule has 294 valence electrons. The Hall–Kier alpha value is -0.440. The maximum absolute atomic E-state index is 12.2. The third-order valence-electron chi connectivity index (χ3n) is 9.36. The van der Waals surface area contributed by atoms with Crippen molar-refractivity contribution in [3.8, 4) is 23.3 Å². The van der Waals surface area contributed by atoms with Crippen molar-refractivity contribution in [1.82, 2.24) is 34.9 Å². The van der Waals surface area contributed by atoms with E-state index in [4.69, 9.17) is 123 Å². The van der Waals surface area contributed by atoms with Crippen LogP contribution in [0.4, 0.5) is 4.79 Å². The average Bonchev–Trinajstić information content (AvgIpc) is 3.37. The number of alkyl carbamates (subject to hydrolysis) is 1. The van der Waals surface area contributed by atoms with Crippen molar-refractivity contribution >= 4 is 132 Å². The number of amides is 1. The first-order valence-electron chi connectivity index (χ1n) is 17.0. The predicted molar refractivity (Wildman–Crippen MR) is 249 cm³/mol. The molecule has 5 rings (SSSR count). The van der Waals surface area contributed by atoms with E-state index in [2.05, 4.69) is 56.0 Å². The quantitative estimate of drug-likeness (QED) is 0.0647. The van der Waals surface area contributed by atoms with E-state index in [1.807, 2.05) is 31.2 Å². The number of benzene rings is 1. The van der Waals surface area contributed by atoms with Gasteiger partial charge in [0.15, 0.2) is 17.6 Å². The number of hydrogen-bond donors (Lipinski definition) is 10. The zero-order chi connectivity index (χ0) is 39.5. The smallest absolute Gasteiger partial charge is 0.408 e. The number of carbonyl (C=O) groups is 1. The molecule has 3 heterocycles. The molecule has 1 aliphatic heterocycles. The van der Waals surface area contributed by atoms with Gasteiger partial charge in [-0.1, -0.05) is 23.6 Å². The molecule has 2 aromatic heterocycles. The summed E-state index contributed by atoms with van der Waals surface area (Å²) in [5.74, 6) is 7.10. The van der Waals surface area contributed by atoms with E-state index in [1.165, 1.54) is 11.8 Å². The van der Waals surface area contributed by atoms with Crippen LogP contribution in [0.15, 0.2) is 47.9 Å². The summed E-state index contributed by atoms with van der Waals surface area (Å²) in [6.45, 7) is 11.9. The van der Waals surface area contributed by atoms with Gasteiger partial charge < -0.3 is 19.7 Å². The van der Waals surface area contributed by atoms with Crippen LogP contribution in [0, 0.1) is 18.8 Å². The highest BCUT2D eigenvalue weighted by atomic mass is 32.2. The topological polar surface area (TPSA) is 97.6 Å². The van der Waals surface area contributed by atoms with Crippen LogP contribution in [0.5, 0.6) is 5.75 Å². The molecule has 54 heavy (non-hydrogen) atoms. The molecular weight excluding hydrogens is 875 g/mol. The first-order valence-corrected chi connectivity index (χ1v) is 21.8. The summed E-state index contributed by atoms with van der Waals surface area (Å²) in [7, 11) is 0. The fraction of sp³-hybridized carbons (Fsp3) is 0.529. The number of pyridine rings is 1. The van der Waals surface area contributed by atoms with Crippen LogP contribution in [0.25, 0.3) is 5.69 Å². The van der Waals surface area contributed by atoms with Crippen molar-refractivity contribution in [3.05, 3.63) is 59.7 Å². The van der Waals surface area contributed by atoms with Crippen LogP contribution in [0.3, 0.4) is 0 Å². The van der Waals surface area contributed by atoms with Crippen molar-refractivity contribution in [2.75, 3.05) is 45.9 Å². The van der Waals surface area contributed by atoms with Crippen molar-refractivity contribution < 1.29 is 14.3 Å². The Balaban J connectivity index is 1.20. The van der Waals surface area contributed by atoms with Crippen LogP contribution in [-0.4, -0.2) is 108 Å². The molecule has 0 bridgehead atoms. The number of carbonyl (C=O) groups excluding carboxylic acids is 1. The van der Waals surface area contributed by atoms with E-state index in [-0.39, 0.29) is 13.2 Å². The number of thioether (sulfide) groups is 1. The lowest BCUT2D eigenvalue weighted by Crippen LogP contribution is -2.49. The molecule has 20 heteroatoms. The van der Waals surface area contributed by atoms with Gasteiger partial charge in [-0.05, 0) is 76.2 Å². The van der Waals surface area contributed by atoms with E-state index in [1.54, 1.807) is 23.0 Å². The number of ether oxygens (including phenoxy) is 2. The number of nitrogens with zero attached hydrogens (tertiary/aromatic N) is 6. The monoisotopic (exact) mass is 919 g/mol. The van der Waals surface area contributed by atoms with Gasteiger partial charge >= 0.3 is 6.09 Å². The molecule has 1 aliphatic carbocycles. The maximum atomic E-state index is 12.2. The molecule has 0 unspecified atom stereocenters. The molecule has 0 radical (unpaired) electrons. The molecule has 1 saturated heterocycles. The zero-order valence-corrected chi connectivity index (χ0v) is 38.7. The Morgan fingerprint density at radius 1 is 0.963 bits per heavy atom. The number of thiol groups is 9. The third kappa shape index (κ3) is 9.07. The van der Waals surface area contributed by atoms with Crippen LogP contribution >= 0.6 is 125 Å². The summed E-state index contributed by atoms with van der Waals surface area (Å²) < 4.78 is 6.56.